The fraction of sp³-hybridized carbons (Fsp3) is 0.375. The first-order valence-corrected chi connectivity index (χ1v) is 7.79. The Morgan fingerprint density at radius 3 is 2.67 bits per heavy atom. The molecule has 21 heavy (non-hydrogen) atoms. The Labute approximate surface area is 130 Å². The number of rotatable bonds is 8. The molecule has 4 nitrogen and oxygen atoms in total. The van der Waals surface area contributed by atoms with E-state index in [1.807, 2.05) is 30.3 Å². The quantitative estimate of drug-likeness (QED) is 0.600. The number of carbonyl (C=O) groups is 1. The van der Waals surface area contributed by atoms with Crippen LogP contribution in [0.15, 0.2) is 42.7 Å². The van der Waals surface area contributed by atoms with Gasteiger partial charge in [0.15, 0.2) is 0 Å². The van der Waals surface area contributed by atoms with Gasteiger partial charge in [0.25, 0.3) is 5.91 Å². The first-order valence-electron chi connectivity index (χ1n) is 7.25. The van der Waals surface area contributed by atoms with E-state index in [1.165, 1.54) is 0 Å². The van der Waals surface area contributed by atoms with Crippen LogP contribution in [0.4, 0.5) is 0 Å². The molecule has 0 spiro atoms. The lowest BCUT2D eigenvalue weighted by atomic mass is 10.2. The number of hydrogen-bond acceptors (Lipinski definition) is 2. The van der Waals surface area contributed by atoms with E-state index >= 15 is 0 Å². The number of hydrogen-bond donors (Lipinski definition) is 1. The van der Waals surface area contributed by atoms with E-state index in [0.29, 0.717) is 18.0 Å². The molecule has 0 aliphatic carbocycles. The monoisotopic (exact) mass is 305 g/mol. The number of unbranched alkanes of at least 4 members (excludes halogenated alkanes) is 3. The summed E-state index contributed by atoms with van der Waals surface area (Å²) < 4.78 is 1.70. The molecule has 0 bridgehead atoms. The summed E-state index contributed by atoms with van der Waals surface area (Å²) in [5.41, 5.74) is 1.53. The van der Waals surface area contributed by atoms with Gasteiger partial charge in [-0.15, -0.1) is 11.6 Å². The van der Waals surface area contributed by atoms with Crippen LogP contribution in [-0.4, -0.2) is 28.1 Å². The predicted octanol–water partition coefficient (Wildman–Crippen LogP) is 3.40. The molecule has 1 aromatic carbocycles. The number of amides is 1. The van der Waals surface area contributed by atoms with Crippen molar-refractivity contribution in [2.24, 2.45) is 0 Å². The van der Waals surface area contributed by atoms with Crippen molar-refractivity contribution in [2.75, 3.05) is 12.4 Å². The summed E-state index contributed by atoms with van der Waals surface area (Å²) in [6, 6.07) is 9.73. The summed E-state index contributed by atoms with van der Waals surface area (Å²) in [4.78, 5) is 12.0. The molecule has 0 aliphatic rings. The van der Waals surface area contributed by atoms with Crippen LogP contribution in [0.5, 0.6) is 0 Å². The lowest BCUT2D eigenvalue weighted by Gasteiger charge is -2.03. The third kappa shape index (κ3) is 4.90. The molecule has 112 valence electrons. The molecule has 1 amide bonds. The highest BCUT2D eigenvalue weighted by Crippen LogP contribution is 2.07. The minimum absolute atomic E-state index is 0.0745. The zero-order valence-electron chi connectivity index (χ0n) is 12.0. The van der Waals surface area contributed by atoms with Crippen molar-refractivity contribution in [1.82, 2.24) is 15.1 Å². The lowest BCUT2D eigenvalue weighted by Crippen LogP contribution is -2.24. The number of aromatic nitrogens is 2. The van der Waals surface area contributed by atoms with Crippen LogP contribution < -0.4 is 5.32 Å². The molecule has 1 heterocycles. The Hall–Kier alpha value is -1.81. The number of nitrogens with one attached hydrogen (secondary N) is 1. The molecule has 2 aromatic rings. The number of halogens is 1. The minimum Gasteiger partial charge on any atom is -0.352 e. The van der Waals surface area contributed by atoms with Gasteiger partial charge in [0.2, 0.25) is 0 Å². The van der Waals surface area contributed by atoms with Crippen molar-refractivity contribution in [3.8, 4) is 5.69 Å². The molecule has 1 aromatic heterocycles. The van der Waals surface area contributed by atoms with Crippen molar-refractivity contribution >= 4 is 17.5 Å². The van der Waals surface area contributed by atoms with Crippen molar-refractivity contribution in [1.29, 1.82) is 0 Å². The van der Waals surface area contributed by atoms with Crippen LogP contribution in [0.3, 0.4) is 0 Å². The maximum atomic E-state index is 12.0. The van der Waals surface area contributed by atoms with E-state index in [0.717, 1.165) is 31.4 Å². The van der Waals surface area contributed by atoms with Crippen LogP contribution >= 0.6 is 11.6 Å². The molecule has 2 rings (SSSR count). The van der Waals surface area contributed by atoms with Crippen molar-refractivity contribution in [2.45, 2.75) is 25.7 Å². The smallest absolute Gasteiger partial charge is 0.254 e. The predicted molar refractivity (Wildman–Crippen MR) is 85.1 cm³/mol. The third-order valence-corrected chi connectivity index (χ3v) is 3.48. The van der Waals surface area contributed by atoms with Gasteiger partial charge in [-0.1, -0.05) is 31.0 Å². The average Bonchev–Trinajstić information content (AvgIpc) is 3.01. The van der Waals surface area contributed by atoms with Gasteiger partial charge < -0.3 is 5.32 Å². The van der Waals surface area contributed by atoms with Crippen molar-refractivity contribution < 1.29 is 4.79 Å². The van der Waals surface area contributed by atoms with E-state index in [-0.39, 0.29) is 5.91 Å². The number of para-hydroxylation sites is 1. The fourth-order valence-electron chi connectivity index (χ4n) is 2.04. The number of nitrogens with zero attached hydrogens (tertiary/aromatic N) is 2. The number of alkyl halides is 1. The first-order chi connectivity index (χ1) is 10.3. The molecule has 0 fully saturated rings. The van der Waals surface area contributed by atoms with E-state index in [4.69, 9.17) is 11.6 Å². The van der Waals surface area contributed by atoms with Crippen molar-refractivity contribution in [3.05, 3.63) is 48.3 Å². The fourth-order valence-corrected chi connectivity index (χ4v) is 2.23. The molecular formula is C16H20ClN3O. The molecule has 0 saturated carbocycles. The van der Waals surface area contributed by atoms with Gasteiger partial charge >= 0.3 is 0 Å². The average molecular weight is 306 g/mol. The van der Waals surface area contributed by atoms with Gasteiger partial charge in [0.1, 0.15) is 0 Å². The maximum absolute atomic E-state index is 12.0. The minimum atomic E-state index is -0.0745. The zero-order chi connectivity index (χ0) is 14.9. The summed E-state index contributed by atoms with van der Waals surface area (Å²) in [5, 5.41) is 7.13. The first kappa shape index (κ1) is 15.6. The normalized spacial score (nSPS) is 10.5. The van der Waals surface area contributed by atoms with Crippen molar-refractivity contribution in [3.63, 3.8) is 0 Å². The third-order valence-electron chi connectivity index (χ3n) is 3.21. The Morgan fingerprint density at radius 1 is 1.14 bits per heavy atom. The second-order valence-electron chi connectivity index (χ2n) is 4.87. The van der Waals surface area contributed by atoms with Crippen LogP contribution in [-0.2, 0) is 0 Å². The highest BCUT2D eigenvalue weighted by Gasteiger charge is 2.08. The van der Waals surface area contributed by atoms with Gasteiger partial charge in [0, 0.05) is 18.6 Å². The highest BCUT2D eigenvalue weighted by molar-refractivity contribution is 6.17. The Morgan fingerprint density at radius 2 is 1.90 bits per heavy atom. The Balaban J connectivity index is 1.80. The van der Waals surface area contributed by atoms with Crippen LogP contribution in [0.2, 0.25) is 0 Å². The summed E-state index contributed by atoms with van der Waals surface area (Å²) in [5.74, 6) is 0.639. The molecule has 0 saturated heterocycles. The number of carbonyl (C=O) groups excluding carboxylic acids is 1. The van der Waals surface area contributed by atoms with E-state index < -0.39 is 0 Å². The SMILES string of the molecule is O=C(NCCCCCCCl)c1cnn(-c2ccccc2)c1. The second-order valence-corrected chi connectivity index (χ2v) is 5.25. The van der Waals surface area contributed by atoms with E-state index in [9.17, 15) is 4.79 Å². The summed E-state index contributed by atoms with van der Waals surface area (Å²) in [7, 11) is 0. The van der Waals surface area contributed by atoms with Gasteiger partial charge in [-0.25, -0.2) is 4.68 Å². The second kappa shape index (κ2) is 8.47. The lowest BCUT2D eigenvalue weighted by molar-refractivity contribution is 0.0953. The van der Waals surface area contributed by atoms with E-state index in [2.05, 4.69) is 10.4 Å². The van der Waals surface area contributed by atoms with Gasteiger partial charge in [-0.2, -0.15) is 5.10 Å². The highest BCUT2D eigenvalue weighted by atomic mass is 35.5. The van der Waals surface area contributed by atoms with E-state index in [1.54, 1.807) is 17.1 Å². The van der Waals surface area contributed by atoms with Gasteiger partial charge in [-0.3, -0.25) is 4.79 Å². The molecular weight excluding hydrogens is 286 g/mol. The summed E-state index contributed by atoms with van der Waals surface area (Å²) in [6.45, 7) is 0.692. The summed E-state index contributed by atoms with van der Waals surface area (Å²) >= 11 is 5.62. The standard InChI is InChI=1S/C16H20ClN3O/c17-10-6-1-2-7-11-18-16(21)14-12-19-20(13-14)15-8-4-3-5-9-15/h3-5,8-9,12-13H,1-2,6-7,10-11H2,(H,18,21). The number of benzene rings is 1. The van der Waals surface area contributed by atoms with Gasteiger partial charge in [-0.05, 0) is 25.0 Å². The largest absolute Gasteiger partial charge is 0.352 e. The Kier molecular flexibility index (Phi) is 6.28. The van der Waals surface area contributed by atoms with Crippen LogP contribution in [0.1, 0.15) is 36.0 Å². The van der Waals surface area contributed by atoms with Gasteiger partial charge in [0.05, 0.1) is 17.4 Å². The Bertz CT molecular complexity index is 554. The van der Waals surface area contributed by atoms with Crippen LogP contribution in [0, 0.1) is 0 Å². The molecule has 0 aliphatic heterocycles. The zero-order valence-corrected chi connectivity index (χ0v) is 12.7. The van der Waals surface area contributed by atoms with Crippen LogP contribution in [0.25, 0.3) is 5.69 Å². The summed E-state index contributed by atoms with van der Waals surface area (Å²) in [6.07, 6.45) is 7.57. The maximum Gasteiger partial charge on any atom is 0.254 e. The molecule has 5 heteroatoms. The molecule has 0 radical (unpaired) electrons. The molecule has 1 N–H and O–H groups in total. The molecule has 0 unspecified atom stereocenters. The molecule has 0 atom stereocenters. The topological polar surface area (TPSA) is 46.9 Å².